The average Bonchev–Trinajstić information content (AvgIpc) is 3.75. The summed E-state index contributed by atoms with van der Waals surface area (Å²) in [6, 6.07) is 24.9. The Labute approximate surface area is 355 Å². The van der Waals surface area contributed by atoms with Crippen molar-refractivity contribution in [2.75, 3.05) is 13.2 Å². The zero-order valence-electron chi connectivity index (χ0n) is 35.2. The quantitative estimate of drug-likeness (QED) is 0.130. The molecular formula is C49H53N5O7. The maximum absolute atomic E-state index is 15.3. The first-order valence-electron chi connectivity index (χ1n) is 21.4. The number of carbonyl (C=O) groups is 4. The molecule has 1 aliphatic carbocycles. The Bertz CT molecular complexity index is 2580. The van der Waals surface area contributed by atoms with Crippen molar-refractivity contribution in [3.63, 3.8) is 0 Å². The van der Waals surface area contributed by atoms with Gasteiger partial charge in [0.2, 0.25) is 11.8 Å². The van der Waals surface area contributed by atoms with Gasteiger partial charge in [0, 0.05) is 24.4 Å². The summed E-state index contributed by atoms with van der Waals surface area (Å²) < 4.78 is 12.5. The van der Waals surface area contributed by atoms with Gasteiger partial charge in [0.15, 0.2) is 0 Å². The lowest BCUT2D eigenvalue weighted by Gasteiger charge is -2.30. The number of carbonyl (C=O) groups excluding carboxylic acids is 4. The number of allylic oxidation sites excluding steroid dienone is 1. The van der Waals surface area contributed by atoms with Crippen LogP contribution in [0, 0.1) is 5.92 Å². The van der Waals surface area contributed by atoms with Crippen LogP contribution in [-0.2, 0) is 23.9 Å². The largest absolute Gasteiger partial charge is 0.464 e. The van der Waals surface area contributed by atoms with Crippen LogP contribution in [0.25, 0.3) is 43.8 Å². The van der Waals surface area contributed by atoms with Crippen LogP contribution >= 0.6 is 0 Å². The Hall–Kier alpha value is -6.30. The van der Waals surface area contributed by atoms with Gasteiger partial charge in [0.25, 0.3) is 5.56 Å². The van der Waals surface area contributed by atoms with E-state index in [1.54, 1.807) is 33.9 Å². The predicted molar refractivity (Wildman–Crippen MR) is 235 cm³/mol. The molecule has 2 N–H and O–H groups in total. The van der Waals surface area contributed by atoms with Gasteiger partial charge in [0.05, 0.1) is 24.4 Å². The molecular weight excluding hydrogens is 771 g/mol. The lowest BCUT2D eigenvalue weighted by Crippen LogP contribution is -2.56. The fraction of sp³-hybridized carbons (Fsp3) is 0.388. The summed E-state index contributed by atoms with van der Waals surface area (Å²) in [6.45, 7) is 7.06. The zero-order valence-corrected chi connectivity index (χ0v) is 35.2. The maximum Gasteiger partial charge on any atom is 0.408 e. The van der Waals surface area contributed by atoms with E-state index in [0.717, 1.165) is 51.9 Å². The monoisotopic (exact) mass is 823 g/mol. The number of esters is 1. The standard InChI is InChI=1S/C49H53N5O7/c1-5-60-46(58)49-28-33(49)21-9-7-6-8-10-26-40(51-47(59)61-48(2,3)4)44(56)53-30-34(27-41(53)43(55)52-49)54-45(57)42(38-25-16-20-32-18-12-14-23-36(32)38)39(29-50-54)37-24-15-19-31-17-11-13-22-35(31)37/h9,11-25,29,33-34,40-41H,5-8,10,26-28,30H2,1-4H3,(H,51,59)(H,52,55)/b21-9-/t33-,34-,40+,41+,49-/m1/s1. The summed E-state index contributed by atoms with van der Waals surface area (Å²) in [5.74, 6) is -1.81. The van der Waals surface area contributed by atoms with Gasteiger partial charge in [-0.15, -0.1) is 0 Å². The number of alkyl carbamates (subject to hydrolysis) is 1. The Morgan fingerprint density at radius 1 is 0.869 bits per heavy atom. The Morgan fingerprint density at radius 2 is 1.54 bits per heavy atom. The van der Waals surface area contributed by atoms with Gasteiger partial charge in [-0.3, -0.25) is 14.4 Å². The highest BCUT2D eigenvalue weighted by molar-refractivity contribution is 6.04. The highest BCUT2D eigenvalue weighted by atomic mass is 16.6. The van der Waals surface area contributed by atoms with E-state index in [-0.39, 0.29) is 31.0 Å². The number of fused-ring (bicyclic) bond motifs is 4. The molecule has 0 spiro atoms. The van der Waals surface area contributed by atoms with Crippen molar-refractivity contribution >= 4 is 45.4 Å². The third-order valence-electron chi connectivity index (χ3n) is 12.1. The molecule has 12 heteroatoms. The molecule has 3 aliphatic rings. The van der Waals surface area contributed by atoms with Crippen molar-refractivity contribution in [3.05, 3.63) is 114 Å². The molecule has 0 unspecified atom stereocenters. The van der Waals surface area contributed by atoms with E-state index < -0.39 is 53.1 Å². The van der Waals surface area contributed by atoms with Gasteiger partial charge in [-0.2, -0.15) is 5.10 Å². The molecule has 0 radical (unpaired) electrons. The van der Waals surface area contributed by atoms with Crippen molar-refractivity contribution in [1.82, 2.24) is 25.3 Å². The summed E-state index contributed by atoms with van der Waals surface area (Å²) in [5.41, 5.74) is 0.219. The molecule has 1 aromatic heterocycles. The zero-order chi connectivity index (χ0) is 42.9. The minimum absolute atomic E-state index is 0.0334. The van der Waals surface area contributed by atoms with Crippen molar-refractivity contribution in [2.24, 2.45) is 5.92 Å². The summed E-state index contributed by atoms with van der Waals surface area (Å²) in [7, 11) is 0. The highest BCUT2D eigenvalue weighted by Gasteiger charge is 2.62. The van der Waals surface area contributed by atoms with Gasteiger partial charge >= 0.3 is 12.1 Å². The molecule has 12 nitrogen and oxygen atoms in total. The third kappa shape index (κ3) is 8.40. The second-order valence-corrected chi connectivity index (χ2v) is 17.4. The van der Waals surface area contributed by atoms with Crippen LogP contribution in [0.5, 0.6) is 0 Å². The fourth-order valence-electron chi connectivity index (χ4n) is 9.05. The number of hydrogen-bond donors (Lipinski definition) is 2. The van der Waals surface area contributed by atoms with E-state index in [9.17, 15) is 19.2 Å². The molecule has 5 aromatic rings. The molecule has 2 aliphatic heterocycles. The van der Waals surface area contributed by atoms with Crippen molar-refractivity contribution in [3.8, 4) is 22.3 Å². The van der Waals surface area contributed by atoms with Crippen molar-refractivity contribution < 1.29 is 28.7 Å². The molecule has 0 bridgehead atoms. The summed E-state index contributed by atoms with van der Waals surface area (Å²) in [6.07, 6.45) is 8.72. The number of hydrogen-bond acceptors (Lipinski definition) is 8. The van der Waals surface area contributed by atoms with Crippen molar-refractivity contribution in [2.45, 2.75) is 102 Å². The number of nitrogens with one attached hydrogen (secondary N) is 2. The number of nitrogens with zero attached hydrogens (tertiary/aromatic N) is 3. The highest BCUT2D eigenvalue weighted by Crippen LogP contribution is 2.46. The Kier molecular flexibility index (Phi) is 11.5. The average molecular weight is 824 g/mol. The summed E-state index contributed by atoms with van der Waals surface area (Å²) in [5, 5.41) is 14.5. The molecule has 8 rings (SSSR count). The van der Waals surface area contributed by atoms with Crippen LogP contribution in [-0.4, -0.2) is 74.9 Å². The van der Waals surface area contributed by atoms with Gasteiger partial charge in [-0.25, -0.2) is 14.3 Å². The molecule has 61 heavy (non-hydrogen) atoms. The topological polar surface area (TPSA) is 149 Å². The third-order valence-corrected chi connectivity index (χ3v) is 12.1. The van der Waals surface area contributed by atoms with E-state index in [1.807, 2.05) is 97.1 Å². The van der Waals surface area contributed by atoms with Crippen LogP contribution < -0.4 is 16.2 Å². The van der Waals surface area contributed by atoms with Gasteiger partial charge < -0.3 is 25.0 Å². The lowest BCUT2D eigenvalue weighted by atomic mass is 9.91. The molecule has 3 heterocycles. The maximum atomic E-state index is 15.3. The van der Waals surface area contributed by atoms with Crippen LogP contribution in [0.1, 0.15) is 78.7 Å². The van der Waals surface area contributed by atoms with E-state index in [0.29, 0.717) is 30.4 Å². The fourth-order valence-corrected chi connectivity index (χ4v) is 9.05. The Morgan fingerprint density at radius 3 is 2.25 bits per heavy atom. The predicted octanol–water partition coefficient (Wildman–Crippen LogP) is 7.88. The van der Waals surface area contributed by atoms with Crippen LogP contribution in [0.15, 0.2) is 108 Å². The summed E-state index contributed by atoms with van der Waals surface area (Å²) in [4.78, 5) is 73.0. The molecule has 316 valence electrons. The Balaban J connectivity index is 1.24. The van der Waals surface area contributed by atoms with Gasteiger partial charge in [0.1, 0.15) is 23.2 Å². The summed E-state index contributed by atoms with van der Waals surface area (Å²) >= 11 is 0. The molecule has 2 fully saturated rings. The second-order valence-electron chi connectivity index (χ2n) is 17.4. The number of benzene rings is 4. The normalized spacial score (nSPS) is 23.8. The first kappa shape index (κ1) is 41.4. The number of amides is 3. The van der Waals surface area contributed by atoms with Crippen LogP contribution in [0.4, 0.5) is 4.79 Å². The van der Waals surface area contributed by atoms with Crippen molar-refractivity contribution in [1.29, 1.82) is 0 Å². The number of ether oxygens (including phenoxy) is 2. The first-order valence-corrected chi connectivity index (χ1v) is 21.4. The minimum atomic E-state index is -1.28. The van der Waals surface area contributed by atoms with E-state index >= 15 is 4.79 Å². The number of rotatable bonds is 6. The van der Waals surface area contributed by atoms with Crippen LogP contribution in [0.2, 0.25) is 0 Å². The first-order chi connectivity index (χ1) is 29.4. The van der Waals surface area contributed by atoms with Gasteiger partial charge in [-0.05, 0) is 86.1 Å². The van der Waals surface area contributed by atoms with Crippen LogP contribution in [0.3, 0.4) is 0 Å². The lowest BCUT2D eigenvalue weighted by molar-refractivity contribution is -0.150. The molecule has 4 aromatic carbocycles. The minimum Gasteiger partial charge on any atom is -0.464 e. The smallest absolute Gasteiger partial charge is 0.408 e. The molecule has 1 saturated heterocycles. The number of aromatic nitrogens is 2. The molecule has 1 saturated carbocycles. The van der Waals surface area contributed by atoms with Gasteiger partial charge in [-0.1, -0.05) is 110 Å². The second kappa shape index (κ2) is 17.0. The van der Waals surface area contributed by atoms with E-state index in [4.69, 9.17) is 14.6 Å². The molecule has 5 atom stereocenters. The molecule has 3 amide bonds. The SMILES string of the molecule is CCOC(=O)[C@@]12C[C@H]1/C=C\CCCCC[C@H](NC(=O)OC(C)(C)C)C(=O)N1C[C@H](n3ncc(-c4cccc5ccccc45)c(-c4cccc5ccccc45)c3=O)C[C@H]1C(=O)N2. The van der Waals surface area contributed by atoms with E-state index in [2.05, 4.69) is 10.6 Å². The van der Waals surface area contributed by atoms with E-state index in [1.165, 1.54) is 9.58 Å².